The molecule has 14 heavy (non-hydrogen) atoms. The predicted octanol–water partition coefficient (Wildman–Crippen LogP) is 1.97. The first-order chi connectivity index (χ1) is 6.73. The van der Waals surface area contributed by atoms with Crippen LogP contribution in [0.3, 0.4) is 0 Å². The summed E-state index contributed by atoms with van der Waals surface area (Å²) in [5.74, 6) is 5.59. The molecule has 1 aliphatic rings. The fourth-order valence-electron chi connectivity index (χ4n) is 2.24. The van der Waals surface area contributed by atoms with Crippen LogP contribution in [0.15, 0.2) is 0 Å². The molecule has 3 N–H and O–H groups in total. The monoisotopic (exact) mass is 200 g/mol. The molecule has 1 rings (SSSR count). The van der Waals surface area contributed by atoms with Crippen molar-refractivity contribution in [2.45, 2.75) is 64.0 Å². The van der Waals surface area contributed by atoms with Crippen LogP contribution < -0.4 is 11.3 Å². The third-order valence-electron chi connectivity index (χ3n) is 3.28. The Morgan fingerprint density at radius 1 is 1.50 bits per heavy atom. The van der Waals surface area contributed by atoms with E-state index < -0.39 is 0 Å². The molecule has 0 aromatic heterocycles. The van der Waals surface area contributed by atoms with Crippen LogP contribution in [-0.2, 0) is 4.74 Å². The van der Waals surface area contributed by atoms with E-state index in [-0.39, 0.29) is 5.60 Å². The molecular weight excluding hydrogens is 176 g/mol. The number of unbranched alkanes of at least 4 members (excludes halogenated alkanes) is 2. The van der Waals surface area contributed by atoms with Gasteiger partial charge in [-0.1, -0.05) is 26.2 Å². The van der Waals surface area contributed by atoms with Gasteiger partial charge in [-0.2, -0.15) is 0 Å². The van der Waals surface area contributed by atoms with Crippen molar-refractivity contribution in [3.63, 3.8) is 0 Å². The largest absolute Gasteiger partial charge is 0.374 e. The fourth-order valence-corrected chi connectivity index (χ4v) is 2.24. The smallest absolute Gasteiger partial charge is 0.0821 e. The molecule has 0 aromatic carbocycles. The van der Waals surface area contributed by atoms with Crippen molar-refractivity contribution < 1.29 is 4.74 Å². The molecule has 0 aromatic rings. The van der Waals surface area contributed by atoms with Gasteiger partial charge in [0.25, 0.3) is 0 Å². The Morgan fingerprint density at radius 2 is 2.29 bits per heavy atom. The minimum atomic E-state index is -0.0253. The third-order valence-corrected chi connectivity index (χ3v) is 3.28. The van der Waals surface area contributed by atoms with Crippen LogP contribution in [0.2, 0.25) is 0 Å². The minimum Gasteiger partial charge on any atom is -0.374 e. The van der Waals surface area contributed by atoms with Crippen molar-refractivity contribution in [2.24, 2.45) is 5.84 Å². The minimum absolute atomic E-state index is 0.0253. The van der Waals surface area contributed by atoms with Crippen molar-refractivity contribution >= 4 is 0 Å². The average molecular weight is 200 g/mol. The van der Waals surface area contributed by atoms with Crippen molar-refractivity contribution in [3.05, 3.63) is 0 Å². The maximum atomic E-state index is 5.78. The Labute approximate surface area is 87.4 Å². The Hall–Kier alpha value is -0.120. The van der Waals surface area contributed by atoms with Gasteiger partial charge in [0.15, 0.2) is 0 Å². The summed E-state index contributed by atoms with van der Waals surface area (Å²) < 4.78 is 5.78. The summed E-state index contributed by atoms with van der Waals surface area (Å²) in [5, 5.41) is 0. The van der Waals surface area contributed by atoms with E-state index in [4.69, 9.17) is 10.6 Å². The summed E-state index contributed by atoms with van der Waals surface area (Å²) in [6.07, 6.45) is 7.21. The van der Waals surface area contributed by atoms with E-state index in [2.05, 4.69) is 19.3 Å². The molecule has 84 valence electrons. The second-order valence-corrected chi connectivity index (χ2v) is 4.48. The van der Waals surface area contributed by atoms with E-state index in [9.17, 15) is 0 Å². The Kier molecular flexibility index (Phi) is 4.85. The zero-order valence-electron chi connectivity index (χ0n) is 9.51. The van der Waals surface area contributed by atoms with E-state index in [1.807, 2.05) is 0 Å². The van der Waals surface area contributed by atoms with Gasteiger partial charge in [-0.05, 0) is 26.2 Å². The third kappa shape index (κ3) is 2.94. The number of nitrogens with two attached hydrogens (primary N) is 1. The zero-order chi connectivity index (χ0) is 10.4. The highest BCUT2D eigenvalue weighted by atomic mass is 16.5. The van der Waals surface area contributed by atoms with E-state index >= 15 is 0 Å². The number of hydrogen-bond donors (Lipinski definition) is 2. The van der Waals surface area contributed by atoms with Gasteiger partial charge in [0.2, 0.25) is 0 Å². The summed E-state index contributed by atoms with van der Waals surface area (Å²) >= 11 is 0. The topological polar surface area (TPSA) is 47.3 Å². The molecule has 0 saturated carbocycles. The molecule has 1 fully saturated rings. The van der Waals surface area contributed by atoms with Gasteiger partial charge in [0.05, 0.1) is 5.60 Å². The molecule has 2 unspecified atom stereocenters. The van der Waals surface area contributed by atoms with Crippen molar-refractivity contribution in [1.82, 2.24) is 5.43 Å². The Morgan fingerprint density at radius 3 is 2.79 bits per heavy atom. The van der Waals surface area contributed by atoms with E-state index in [0.717, 1.165) is 19.4 Å². The number of hydrogen-bond acceptors (Lipinski definition) is 3. The van der Waals surface area contributed by atoms with Gasteiger partial charge in [-0.15, -0.1) is 0 Å². The number of nitrogens with one attached hydrogen (secondary N) is 1. The number of ether oxygens (including phenoxy) is 1. The predicted molar refractivity (Wildman–Crippen MR) is 58.8 cm³/mol. The van der Waals surface area contributed by atoms with Crippen LogP contribution >= 0.6 is 0 Å². The lowest BCUT2D eigenvalue weighted by Crippen LogP contribution is -2.51. The molecular formula is C11H24N2O. The molecule has 3 nitrogen and oxygen atoms in total. The highest BCUT2D eigenvalue weighted by Gasteiger charge is 2.37. The lowest BCUT2D eigenvalue weighted by atomic mass is 9.89. The van der Waals surface area contributed by atoms with Gasteiger partial charge in [0, 0.05) is 12.6 Å². The quantitative estimate of drug-likeness (QED) is 0.391. The molecule has 0 bridgehead atoms. The maximum Gasteiger partial charge on any atom is 0.0821 e. The fraction of sp³-hybridized carbons (Fsp3) is 1.00. The second-order valence-electron chi connectivity index (χ2n) is 4.48. The lowest BCUT2D eigenvalue weighted by molar-refractivity contribution is -0.0145. The van der Waals surface area contributed by atoms with Crippen LogP contribution in [0.25, 0.3) is 0 Å². The van der Waals surface area contributed by atoms with Crippen LogP contribution in [0.1, 0.15) is 52.4 Å². The SMILES string of the molecule is CCCCCC(NN)C1(C)CCCO1. The van der Waals surface area contributed by atoms with E-state index in [0.29, 0.717) is 6.04 Å². The standard InChI is InChI=1S/C11H24N2O/c1-3-4-5-7-10(13-12)11(2)8-6-9-14-11/h10,13H,3-9,12H2,1-2H3. The number of rotatable bonds is 6. The first kappa shape index (κ1) is 12.0. The molecule has 0 spiro atoms. The second kappa shape index (κ2) is 5.69. The van der Waals surface area contributed by atoms with Gasteiger partial charge in [-0.25, -0.2) is 0 Å². The van der Waals surface area contributed by atoms with Crippen LogP contribution in [0.4, 0.5) is 0 Å². The van der Waals surface area contributed by atoms with Crippen LogP contribution in [0.5, 0.6) is 0 Å². The lowest BCUT2D eigenvalue weighted by Gasteiger charge is -2.32. The van der Waals surface area contributed by atoms with Crippen LogP contribution in [0, 0.1) is 0 Å². The first-order valence-electron chi connectivity index (χ1n) is 5.83. The van der Waals surface area contributed by atoms with E-state index in [1.165, 1.54) is 25.7 Å². The molecule has 0 radical (unpaired) electrons. The average Bonchev–Trinajstić information content (AvgIpc) is 2.61. The highest BCUT2D eigenvalue weighted by molar-refractivity contribution is 4.91. The first-order valence-corrected chi connectivity index (χ1v) is 5.83. The van der Waals surface area contributed by atoms with Gasteiger partial charge in [-0.3, -0.25) is 11.3 Å². The van der Waals surface area contributed by atoms with Gasteiger partial charge < -0.3 is 4.74 Å². The Bertz CT molecular complexity index is 155. The molecule has 1 aliphatic heterocycles. The summed E-state index contributed by atoms with van der Waals surface area (Å²) in [7, 11) is 0. The molecule has 0 aliphatic carbocycles. The molecule has 0 amide bonds. The maximum absolute atomic E-state index is 5.78. The molecule has 2 atom stereocenters. The Balaban J connectivity index is 2.35. The molecule has 1 heterocycles. The summed E-state index contributed by atoms with van der Waals surface area (Å²) in [6, 6.07) is 0.316. The summed E-state index contributed by atoms with van der Waals surface area (Å²) in [4.78, 5) is 0. The molecule has 1 saturated heterocycles. The van der Waals surface area contributed by atoms with Crippen molar-refractivity contribution in [2.75, 3.05) is 6.61 Å². The number of hydrazine groups is 1. The normalized spacial score (nSPS) is 29.4. The molecule has 3 heteroatoms. The van der Waals surface area contributed by atoms with Crippen molar-refractivity contribution in [1.29, 1.82) is 0 Å². The summed E-state index contributed by atoms with van der Waals surface area (Å²) in [5.41, 5.74) is 2.89. The van der Waals surface area contributed by atoms with Gasteiger partial charge in [0.1, 0.15) is 0 Å². The van der Waals surface area contributed by atoms with Gasteiger partial charge >= 0.3 is 0 Å². The summed E-state index contributed by atoms with van der Waals surface area (Å²) in [6.45, 7) is 5.29. The van der Waals surface area contributed by atoms with Crippen molar-refractivity contribution in [3.8, 4) is 0 Å². The van der Waals surface area contributed by atoms with Crippen LogP contribution in [-0.4, -0.2) is 18.2 Å². The zero-order valence-corrected chi connectivity index (χ0v) is 9.51. The highest BCUT2D eigenvalue weighted by Crippen LogP contribution is 2.30. The van der Waals surface area contributed by atoms with E-state index in [1.54, 1.807) is 0 Å².